The number of hydrogen-bond acceptors (Lipinski definition) is 4. The van der Waals surface area contributed by atoms with E-state index in [1.54, 1.807) is 0 Å². The molecule has 0 bridgehead atoms. The van der Waals surface area contributed by atoms with Crippen LogP contribution < -0.4 is 0 Å². The number of para-hydroxylation sites is 1. The number of allylic oxidation sites excluding steroid dienone is 2. The van der Waals surface area contributed by atoms with E-state index in [0.717, 1.165) is 38.7 Å². The van der Waals surface area contributed by atoms with E-state index in [1.165, 1.54) is 36.4 Å². The van der Waals surface area contributed by atoms with Gasteiger partial charge in [0.25, 0.3) is 0 Å². The van der Waals surface area contributed by atoms with Crippen molar-refractivity contribution in [2.45, 2.75) is 13.8 Å². The number of aliphatic hydroxyl groups excluding tert-OH is 1. The van der Waals surface area contributed by atoms with E-state index < -0.39 is 0 Å². The molecule has 5 aromatic rings. The van der Waals surface area contributed by atoms with E-state index in [-0.39, 0.29) is 31.6 Å². The summed E-state index contributed by atoms with van der Waals surface area (Å²) >= 11 is 0. The number of furan rings is 1. The van der Waals surface area contributed by atoms with Gasteiger partial charge < -0.3 is 9.52 Å². The Bertz CT molecular complexity index is 1570. The maximum Gasteiger partial charge on any atom is 0.155 e. The van der Waals surface area contributed by atoms with Crippen molar-refractivity contribution in [3.63, 3.8) is 0 Å². The fourth-order valence-corrected chi connectivity index (χ4v) is 4.05. The van der Waals surface area contributed by atoms with Gasteiger partial charge in [-0.2, -0.15) is 0 Å². The fraction of sp³-hybridized carbons (Fsp3) is 0.0714. The summed E-state index contributed by atoms with van der Waals surface area (Å²) in [4.78, 5) is 14.9. The number of pyridine rings is 1. The van der Waals surface area contributed by atoms with Gasteiger partial charge in [-0.25, -0.2) is 0 Å². The molecule has 3 aromatic carbocycles. The number of benzene rings is 3. The van der Waals surface area contributed by atoms with Crippen molar-refractivity contribution >= 4 is 50.8 Å². The predicted octanol–water partition coefficient (Wildman–Crippen LogP) is 7.12. The van der Waals surface area contributed by atoms with Gasteiger partial charge in [-0.15, -0.1) is 23.8 Å². The van der Waals surface area contributed by atoms with Gasteiger partial charge >= 0.3 is 0 Å². The summed E-state index contributed by atoms with van der Waals surface area (Å²) < 4.78 is 5.90. The maximum atomic E-state index is 10.0. The standard InChI is InChI=1S/C23H12NO.C5H8O2.Ir/c1-2-7-21-17(5-1)18-12-15(10-11-22(18)25-21)20-13-16-9-8-14-4-3-6-19(24-20)23(14)16;1-4(6)3-5(2)7;/h1-9,11-13H;3,6H,1-2H3;/q-1;;. The molecule has 0 saturated carbocycles. The first-order valence-corrected chi connectivity index (χ1v) is 10.3. The van der Waals surface area contributed by atoms with Crippen LogP contribution in [0.3, 0.4) is 0 Å². The van der Waals surface area contributed by atoms with Crippen LogP contribution in [0.2, 0.25) is 0 Å². The largest absolute Gasteiger partial charge is 0.512 e. The second-order valence-corrected chi connectivity index (χ2v) is 7.79. The normalized spacial score (nSPS) is 12.0. The van der Waals surface area contributed by atoms with Crippen molar-refractivity contribution < 1.29 is 34.4 Å². The van der Waals surface area contributed by atoms with Gasteiger partial charge in [0.05, 0.1) is 16.9 Å². The number of carbonyl (C=O) groups is 1. The molecule has 33 heavy (non-hydrogen) atoms. The predicted molar refractivity (Wildman–Crippen MR) is 129 cm³/mol. The van der Waals surface area contributed by atoms with Crippen LogP contribution in [-0.4, -0.2) is 15.9 Å². The first kappa shape index (κ1) is 22.7. The van der Waals surface area contributed by atoms with E-state index in [1.807, 2.05) is 24.3 Å². The van der Waals surface area contributed by atoms with Crippen molar-refractivity contribution in [2.24, 2.45) is 0 Å². The summed E-state index contributed by atoms with van der Waals surface area (Å²) in [5.41, 5.74) is 7.19. The van der Waals surface area contributed by atoms with Gasteiger partial charge in [-0.3, -0.25) is 9.78 Å². The summed E-state index contributed by atoms with van der Waals surface area (Å²) in [5.74, 6) is -0.0625. The van der Waals surface area contributed by atoms with Crippen LogP contribution in [0.15, 0.2) is 76.9 Å². The topological polar surface area (TPSA) is 63.3 Å². The summed E-state index contributed by atoms with van der Waals surface area (Å²) in [6, 6.07) is 23.9. The van der Waals surface area contributed by atoms with Crippen molar-refractivity contribution in [2.75, 3.05) is 0 Å². The van der Waals surface area contributed by atoms with Crippen LogP contribution in [0, 0.1) is 6.07 Å². The molecule has 0 fully saturated rings. The minimum atomic E-state index is -0.125. The number of ketones is 1. The van der Waals surface area contributed by atoms with Crippen molar-refractivity contribution in [1.29, 1.82) is 0 Å². The van der Waals surface area contributed by atoms with E-state index in [0.29, 0.717) is 0 Å². The Morgan fingerprint density at radius 2 is 1.76 bits per heavy atom. The van der Waals surface area contributed by atoms with Gasteiger partial charge in [-0.1, -0.05) is 53.9 Å². The van der Waals surface area contributed by atoms with Crippen molar-refractivity contribution in [1.82, 2.24) is 4.98 Å². The Labute approximate surface area is 204 Å². The minimum Gasteiger partial charge on any atom is -0.512 e. The summed E-state index contributed by atoms with van der Waals surface area (Å²) in [5, 5.41) is 11.8. The SMILES string of the molecule is CC(=O)C=C(C)O.[Ir].[c-]1cc2oc3ccccc3c2cc1-c1cc2c3c(cccc3n1)C=C2. The monoisotopic (exact) mass is 611 g/mol. The number of rotatable bonds is 2. The second-order valence-electron chi connectivity index (χ2n) is 7.79. The molecule has 1 aliphatic carbocycles. The number of nitrogens with zero attached hydrogens (tertiary/aromatic N) is 1. The van der Waals surface area contributed by atoms with Gasteiger partial charge in [0.2, 0.25) is 0 Å². The van der Waals surface area contributed by atoms with Crippen LogP contribution in [0.5, 0.6) is 0 Å². The summed E-state index contributed by atoms with van der Waals surface area (Å²) in [7, 11) is 0. The number of aromatic nitrogens is 1. The van der Waals surface area contributed by atoms with Crippen LogP contribution in [0.1, 0.15) is 25.0 Å². The third-order valence-corrected chi connectivity index (χ3v) is 5.34. The molecule has 2 aromatic heterocycles. The maximum absolute atomic E-state index is 10.0. The molecule has 0 spiro atoms. The first-order chi connectivity index (χ1) is 15.5. The number of fused-ring (bicyclic) bond motifs is 3. The summed E-state index contributed by atoms with van der Waals surface area (Å²) in [6.07, 6.45) is 5.48. The molecule has 0 saturated heterocycles. The molecule has 0 atom stereocenters. The van der Waals surface area contributed by atoms with Gasteiger partial charge in [-0.05, 0) is 42.8 Å². The average molecular weight is 611 g/mol. The Morgan fingerprint density at radius 1 is 0.970 bits per heavy atom. The Balaban J connectivity index is 0.000000287. The molecule has 4 nitrogen and oxygen atoms in total. The molecule has 165 valence electrons. The van der Waals surface area contributed by atoms with Crippen LogP contribution in [0.25, 0.3) is 56.3 Å². The summed E-state index contributed by atoms with van der Waals surface area (Å²) in [6.45, 7) is 2.85. The average Bonchev–Trinajstić information content (AvgIpc) is 3.35. The van der Waals surface area contributed by atoms with E-state index in [4.69, 9.17) is 14.5 Å². The van der Waals surface area contributed by atoms with Crippen LogP contribution in [-0.2, 0) is 24.9 Å². The molecular formula is C28H20IrNO3-. The van der Waals surface area contributed by atoms with Crippen molar-refractivity contribution in [3.05, 3.63) is 89.7 Å². The van der Waals surface area contributed by atoms with Crippen LogP contribution >= 0.6 is 0 Å². The number of aliphatic hydroxyl groups is 1. The van der Waals surface area contributed by atoms with E-state index >= 15 is 0 Å². The Hall–Kier alpha value is -3.53. The molecular weight excluding hydrogens is 591 g/mol. The molecule has 6 rings (SSSR count). The third-order valence-electron chi connectivity index (χ3n) is 5.34. The minimum absolute atomic E-state index is 0. The van der Waals surface area contributed by atoms with Crippen molar-refractivity contribution in [3.8, 4) is 11.3 Å². The molecule has 1 radical (unpaired) electrons. The fourth-order valence-electron chi connectivity index (χ4n) is 4.05. The zero-order valence-corrected chi connectivity index (χ0v) is 20.4. The first-order valence-electron chi connectivity index (χ1n) is 10.3. The van der Waals surface area contributed by atoms with Crippen LogP contribution in [0.4, 0.5) is 0 Å². The number of hydrogen-bond donors (Lipinski definition) is 1. The third kappa shape index (κ3) is 4.38. The van der Waals surface area contributed by atoms with Gasteiger partial charge in [0.15, 0.2) is 5.78 Å². The van der Waals surface area contributed by atoms with E-state index in [2.05, 4.69) is 54.6 Å². The van der Waals surface area contributed by atoms with Gasteiger partial charge in [0.1, 0.15) is 5.58 Å². The Kier molecular flexibility index (Phi) is 6.28. The molecule has 5 heteroatoms. The molecule has 0 amide bonds. The molecule has 0 aliphatic heterocycles. The molecule has 1 aliphatic rings. The Morgan fingerprint density at radius 3 is 2.52 bits per heavy atom. The molecule has 1 N–H and O–H groups in total. The van der Waals surface area contributed by atoms with E-state index in [9.17, 15) is 4.79 Å². The molecule has 2 heterocycles. The quantitative estimate of drug-likeness (QED) is 0.129. The smallest absolute Gasteiger partial charge is 0.155 e. The molecule has 0 unspecified atom stereocenters. The zero-order valence-electron chi connectivity index (χ0n) is 18.0. The van der Waals surface area contributed by atoms with Gasteiger partial charge in [0, 0.05) is 37.0 Å². The number of carbonyl (C=O) groups excluding carboxylic acids is 1. The zero-order chi connectivity index (χ0) is 22.2. The second kappa shape index (κ2) is 9.14.